The van der Waals surface area contributed by atoms with Gasteiger partial charge in [0, 0.05) is 24.2 Å². The lowest BCUT2D eigenvalue weighted by Gasteiger charge is -2.29. The van der Waals surface area contributed by atoms with E-state index in [-0.39, 0.29) is 6.10 Å². The van der Waals surface area contributed by atoms with Gasteiger partial charge in [0.15, 0.2) is 0 Å². The van der Waals surface area contributed by atoms with Gasteiger partial charge >= 0.3 is 0 Å². The lowest BCUT2D eigenvalue weighted by atomic mass is 10.0. The summed E-state index contributed by atoms with van der Waals surface area (Å²) < 4.78 is 0. The van der Waals surface area contributed by atoms with E-state index in [1.807, 2.05) is 0 Å². The standard InChI is InChI=1S/C15H21NO/c1-11-9-12-5-2-3-7-14(12)16(11)10-13-6-4-8-15(13)17/h2-3,5,7,11,13,15,17H,4,6,8-10H2,1H3. The summed E-state index contributed by atoms with van der Waals surface area (Å²) in [6, 6.07) is 9.28. The van der Waals surface area contributed by atoms with Gasteiger partial charge in [0.05, 0.1) is 6.10 Å². The molecule has 1 N–H and O–H groups in total. The molecule has 1 aliphatic carbocycles. The van der Waals surface area contributed by atoms with Crippen molar-refractivity contribution < 1.29 is 5.11 Å². The summed E-state index contributed by atoms with van der Waals surface area (Å²) in [4.78, 5) is 2.49. The molecule has 0 spiro atoms. The number of fused-ring (bicyclic) bond motifs is 1. The molecular weight excluding hydrogens is 210 g/mol. The highest BCUT2D eigenvalue weighted by Gasteiger charge is 2.32. The Bertz CT molecular complexity index is 404. The molecule has 0 aromatic heterocycles. The Labute approximate surface area is 103 Å². The second kappa shape index (κ2) is 4.34. The molecule has 2 nitrogen and oxygen atoms in total. The van der Waals surface area contributed by atoms with Crippen LogP contribution in [0.5, 0.6) is 0 Å². The first kappa shape index (κ1) is 11.1. The molecule has 3 atom stereocenters. The molecule has 0 radical (unpaired) electrons. The average molecular weight is 231 g/mol. The lowest BCUT2D eigenvalue weighted by Crippen LogP contribution is -2.36. The minimum Gasteiger partial charge on any atom is -0.393 e. The Morgan fingerprint density at radius 3 is 2.88 bits per heavy atom. The van der Waals surface area contributed by atoms with Crippen LogP contribution in [0.15, 0.2) is 24.3 Å². The second-order valence-corrected chi connectivity index (χ2v) is 5.59. The van der Waals surface area contributed by atoms with Gasteiger partial charge in [-0.2, -0.15) is 0 Å². The summed E-state index contributed by atoms with van der Waals surface area (Å²) in [6.07, 6.45) is 4.45. The Balaban J connectivity index is 1.79. The smallest absolute Gasteiger partial charge is 0.0585 e. The van der Waals surface area contributed by atoms with Crippen LogP contribution in [-0.2, 0) is 6.42 Å². The predicted molar refractivity (Wildman–Crippen MR) is 70.3 cm³/mol. The zero-order valence-corrected chi connectivity index (χ0v) is 10.5. The first-order valence-electron chi connectivity index (χ1n) is 6.78. The molecule has 1 aliphatic heterocycles. The zero-order chi connectivity index (χ0) is 11.8. The molecule has 92 valence electrons. The third-order valence-electron chi connectivity index (χ3n) is 4.40. The van der Waals surface area contributed by atoms with Crippen molar-refractivity contribution in [1.29, 1.82) is 0 Å². The maximum atomic E-state index is 9.96. The normalized spacial score (nSPS) is 31.9. The SMILES string of the molecule is CC1Cc2ccccc2N1CC1CCCC1O. The summed E-state index contributed by atoms with van der Waals surface area (Å²) in [7, 11) is 0. The van der Waals surface area contributed by atoms with Crippen LogP contribution >= 0.6 is 0 Å². The van der Waals surface area contributed by atoms with Crippen LogP contribution in [0.4, 0.5) is 5.69 Å². The fraction of sp³-hybridized carbons (Fsp3) is 0.600. The average Bonchev–Trinajstić information content (AvgIpc) is 2.85. The number of rotatable bonds is 2. The van der Waals surface area contributed by atoms with Gasteiger partial charge in [0.1, 0.15) is 0 Å². The van der Waals surface area contributed by atoms with Gasteiger partial charge < -0.3 is 10.0 Å². The van der Waals surface area contributed by atoms with Gasteiger partial charge in [-0.3, -0.25) is 0 Å². The van der Waals surface area contributed by atoms with Crippen LogP contribution in [0.3, 0.4) is 0 Å². The molecular formula is C15H21NO. The fourth-order valence-corrected chi connectivity index (χ4v) is 3.39. The van der Waals surface area contributed by atoms with Gasteiger partial charge in [-0.05, 0) is 37.8 Å². The van der Waals surface area contributed by atoms with E-state index in [0.717, 1.165) is 19.4 Å². The molecule has 17 heavy (non-hydrogen) atoms. The maximum absolute atomic E-state index is 9.96. The molecule has 3 rings (SSSR count). The Kier molecular flexibility index (Phi) is 2.83. The minimum atomic E-state index is -0.0741. The number of aliphatic hydroxyl groups excluding tert-OH is 1. The minimum absolute atomic E-state index is 0.0741. The van der Waals surface area contributed by atoms with E-state index in [9.17, 15) is 5.11 Å². The Morgan fingerprint density at radius 2 is 2.12 bits per heavy atom. The lowest BCUT2D eigenvalue weighted by molar-refractivity contribution is 0.134. The van der Waals surface area contributed by atoms with Crippen LogP contribution in [0, 0.1) is 5.92 Å². The number of hydrogen-bond donors (Lipinski definition) is 1. The maximum Gasteiger partial charge on any atom is 0.0585 e. The van der Waals surface area contributed by atoms with Crippen molar-refractivity contribution in [3.8, 4) is 0 Å². The van der Waals surface area contributed by atoms with E-state index in [1.165, 1.54) is 24.1 Å². The molecule has 1 heterocycles. The second-order valence-electron chi connectivity index (χ2n) is 5.59. The number of aliphatic hydroxyl groups is 1. The van der Waals surface area contributed by atoms with E-state index in [2.05, 4.69) is 36.1 Å². The molecule has 2 aliphatic rings. The molecule has 1 aromatic rings. The summed E-state index contributed by atoms with van der Waals surface area (Å²) in [5.74, 6) is 0.476. The third kappa shape index (κ3) is 1.95. The van der Waals surface area contributed by atoms with Crippen molar-refractivity contribution in [2.45, 2.75) is 44.8 Å². The first-order chi connectivity index (χ1) is 8.25. The topological polar surface area (TPSA) is 23.5 Å². The van der Waals surface area contributed by atoms with Crippen LogP contribution in [-0.4, -0.2) is 23.8 Å². The molecule has 0 bridgehead atoms. The summed E-state index contributed by atoms with van der Waals surface area (Å²) in [5, 5.41) is 9.96. The van der Waals surface area contributed by atoms with Crippen molar-refractivity contribution in [3.63, 3.8) is 0 Å². The van der Waals surface area contributed by atoms with E-state index < -0.39 is 0 Å². The van der Waals surface area contributed by atoms with Crippen LogP contribution in [0.25, 0.3) is 0 Å². The highest BCUT2D eigenvalue weighted by molar-refractivity contribution is 5.59. The van der Waals surface area contributed by atoms with E-state index in [0.29, 0.717) is 12.0 Å². The number of hydrogen-bond acceptors (Lipinski definition) is 2. The van der Waals surface area contributed by atoms with Crippen molar-refractivity contribution in [3.05, 3.63) is 29.8 Å². The van der Waals surface area contributed by atoms with E-state index in [1.54, 1.807) is 0 Å². The predicted octanol–water partition coefficient (Wildman–Crippen LogP) is 2.60. The van der Waals surface area contributed by atoms with Crippen molar-refractivity contribution >= 4 is 5.69 Å². The molecule has 3 unspecified atom stereocenters. The summed E-state index contributed by atoms with van der Waals surface area (Å²) in [6.45, 7) is 3.32. The number of anilines is 1. The Hall–Kier alpha value is -1.02. The zero-order valence-electron chi connectivity index (χ0n) is 10.5. The van der Waals surface area contributed by atoms with E-state index in [4.69, 9.17) is 0 Å². The van der Waals surface area contributed by atoms with Crippen molar-refractivity contribution in [1.82, 2.24) is 0 Å². The molecule has 1 fully saturated rings. The first-order valence-corrected chi connectivity index (χ1v) is 6.78. The number of benzene rings is 1. The molecule has 1 saturated carbocycles. The quantitative estimate of drug-likeness (QED) is 0.845. The number of nitrogens with zero attached hydrogens (tertiary/aromatic N) is 1. The summed E-state index contributed by atoms with van der Waals surface area (Å²) in [5.41, 5.74) is 2.85. The van der Waals surface area contributed by atoms with Gasteiger partial charge in [0.2, 0.25) is 0 Å². The summed E-state index contributed by atoms with van der Waals surface area (Å²) >= 11 is 0. The number of para-hydroxylation sites is 1. The van der Waals surface area contributed by atoms with Crippen molar-refractivity contribution in [2.75, 3.05) is 11.4 Å². The van der Waals surface area contributed by atoms with Gasteiger partial charge in [0.25, 0.3) is 0 Å². The van der Waals surface area contributed by atoms with Crippen LogP contribution in [0.1, 0.15) is 31.7 Å². The Morgan fingerprint density at radius 1 is 1.29 bits per heavy atom. The van der Waals surface area contributed by atoms with Gasteiger partial charge in [-0.15, -0.1) is 0 Å². The van der Waals surface area contributed by atoms with Gasteiger partial charge in [-0.1, -0.05) is 24.6 Å². The highest BCUT2D eigenvalue weighted by Crippen LogP contribution is 2.35. The molecule has 0 saturated heterocycles. The van der Waals surface area contributed by atoms with Crippen LogP contribution in [0.2, 0.25) is 0 Å². The molecule has 1 aromatic carbocycles. The van der Waals surface area contributed by atoms with Gasteiger partial charge in [-0.25, -0.2) is 0 Å². The molecule has 2 heteroatoms. The third-order valence-corrected chi connectivity index (χ3v) is 4.40. The van der Waals surface area contributed by atoms with E-state index >= 15 is 0 Å². The fourth-order valence-electron chi connectivity index (χ4n) is 3.39. The van der Waals surface area contributed by atoms with Crippen LogP contribution < -0.4 is 4.90 Å². The monoisotopic (exact) mass is 231 g/mol. The largest absolute Gasteiger partial charge is 0.393 e. The molecule has 0 amide bonds. The van der Waals surface area contributed by atoms with Crippen molar-refractivity contribution in [2.24, 2.45) is 5.92 Å². The highest BCUT2D eigenvalue weighted by atomic mass is 16.3.